The van der Waals surface area contributed by atoms with Crippen LogP contribution < -0.4 is 10.6 Å². The van der Waals surface area contributed by atoms with E-state index in [-0.39, 0.29) is 24.0 Å². The Labute approximate surface area is 142 Å². The summed E-state index contributed by atoms with van der Waals surface area (Å²) in [6, 6.07) is 1.14. The Morgan fingerprint density at radius 1 is 1.35 bits per heavy atom. The fraction of sp³-hybridized carbons (Fsp3) is 0.933. The van der Waals surface area contributed by atoms with E-state index in [1.54, 1.807) is 0 Å². The molecule has 0 radical (unpaired) electrons. The second-order valence-electron chi connectivity index (χ2n) is 6.00. The lowest BCUT2D eigenvalue weighted by molar-refractivity contribution is 0.141. The molecule has 1 aliphatic rings. The van der Waals surface area contributed by atoms with Crippen molar-refractivity contribution < 1.29 is 0 Å². The molecule has 0 saturated carbocycles. The summed E-state index contributed by atoms with van der Waals surface area (Å²) < 4.78 is 0. The topological polar surface area (TPSA) is 39.7 Å². The highest BCUT2D eigenvalue weighted by atomic mass is 127. The zero-order valence-corrected chi connectivity index (χ0v) is 16.1. The van der Waals surface area contributed by atoms with E-state index in [2.05, 4.69) is 48.2 Å². The van der Waals surface area contributed by atoms with Crippen LogP contribution in [0.15, 0.2) is 4.99 Å². The minimum absolute atomic E-state index is 0. The molecule has 1 saturated heterocycles. The van der Waals surface area contributed by atoms with Crippen LogP contribution >= 0.6 is 24.0 Å². The molecule has 0 aromatic rings. The van der Waals surface area contributed by atoms with Crippen LogP contribution in [0.1, 0.15) is 47.0 Å². The maximum absolute atomic E-state index is 4.30. The fourth-order valence-electron chi connectivity index (χ4n) is 2.50. The Bertz CT molecular complexity index is 281. The lowest BCUT2D eigenvalue weighted by Gasteiger charge is -2.35. The van der Waals surface area contributed by atoms with E-state index in [0.717, 1.165) is 24.8 Å². The Balaban J connectivity index is 0.00000361. The second-order valence-corrected chi connectivity index (χ2v) is 6.00. The molecule has 0 spiro atoms. The van der Waals surface area contributed by atoms with Gasteiger partial charge in [0.1, 0.15) is 0 Å². The summed E-state index contributed by atoms with van der Waals surface area (Å²) in [5.41, 5.74) is 0. The summed E-state index contributed by atoms with van der Waals surface area (Å²) >= 11 is 0. The van der Waals surface area contributed by atoms with Crippen molar-refractivity contribution in [3.63, 3.8) is 0 Å². The number of halogens is 1. The molecule has 0 aliphatic carbocycles. The molecule has 20 heavy (non-hydrogen) atoms. The van der Waals surface area contributed by atoms with Gasteiger partial charge in [0.2, 0.25) is 0 Å². The molecule has 0 bridgehead atoms. The lowest BCUT2D eigenvalue weighted by atomic mass is 9.97. The van der Waals surface area contributed by atoms with E-state index >= 15 is 0 Å². The van der Waals surface area contributed by atoms with Gasteiger partial charge in [0, 0.05) is 32.2 Å². The molecule has 4 nitrogen and oxygen atoms in total. The quantitative estimate of drug-likeness (QED) is 0.427. The van der Waals surface area contributed by atoms with Crippen LogP contribution in [0, 0.1) is 5.92 Å². The predicted molar refractivity (Wildman–Crippen MR) is 99.1 cm³/mol. The van der Waals surface area contributed by atoms with Crippen molar-refractivity contribution in [3.05, 3.63) is 0 Å². The summed E-state index contributed by atoms with van der Waals surface area (Å²) in [5.74, 6) is 1.68. The first kappa shape index (κ1) is 20.0. The van der Waals surface area contributed by atoms with Crippen molar-refractivity contribution in [1.82, 2.24) is 15.5 Å². The summed E-state index contributed by atoms with van der Waals surface area (Å²) in [4.78, 5) is 6.88. The summed E-state index contributed by atoms with van der Waals surface area (Å²) in [6.07, 6.45) is 3.77. The number of piperidine rings is 1. The molecule has 2 unspecified atom stereocenters. The number of aliphatic imine (C=N–C) groups is 1. The maximum Gasteiger partial charge on any atom is 0.191 e. The molecular weight excluding hydrogens is 363 g/mol. The molecule has 2 atom stereocenters. The Hall–Kier alpha value is -0.0400. The standard InChI is InChI=1S/C15H32N4.HI/c1-6-13(4)18-15(16-5)17-10-14-8-7-9-19(11-14)12(2)3;/h12-14H,6-11H2,1-5H3,(H2,16,17,18);1H. The molecule has 1 rings (SSSR count). The fourth-order valence-corrected chi connectivity index (χ4v) is 2.50. The third kappa shape index (κ3) is 7.11. The van der Waals surface area contributed by atoms with Gasteiger partial charge in [-0.2, -0.15) is 0 Å². The highest BCUT2D eigenvalue weighted by Crippen LogP contribution is 2.17. The van der Waals surface area contributed by atoms with Crippen molar-refractivity contribution in [2.45, 2.75) is 59.0 Å². The Kier molecular flexibility index (Phi) is 10.6. The monoisotopic (exact) mass is 396 g/mol. The van der Waals surface area contributed by atoms with Gasteiger partial charge in [0.15, 0.2) is 5.96 Å². The average Bonchev–Trinajstić information content (AvgIpc) is 2.43. The summed E-state index contributed by atoms with van der Waals surface area (Å²) in [5, 5.41) is 6.89. The first-order valence-electron chi connectivity index (χ1n) is 7.78. The number of likely N-dealkylation sites (tertiary alicyclic amines) is 1. The molecule has 0 amide bonds. The average molecular weight is 396 g/mol. The van der Waals surface area contributed by atoms with Gasteiger partial charge in [0.05, 0.1) is 0 Å². The third-order valence-corrected chi connectivity index (χ3v) is 4.06. The smallest absolute Gasteiger partial charge is 0.191 e. The number of rotatable bonds is 5. The molecule has 0 aromatic heterocycles. The number of hydrogen-bond acceptors (Lipinski definition) is 2. The number of nitrogens with one attached hydrogen (secondary N) is 2. The second kappa shape index (κ2) is 10.7. The van der Waals surface area contributed by atoms with E-state index in [1.807, 2.05) is 7.05 Å². The van der Waals surface area contributed by atoms with Crippen molar-refractivity contribution in [3.8, 4) is 0 Å². The van der Waals surface area contributed by atoms with Gasteiger partial charge in [-0.3, -0.25) is 4.99 Å². The highest BCUT2D eigenvalue weighted by Gasteiger charge is 2.21. The van der Waals surface area contributed by atoms with Crippen molar-refractivity contribution in [2.75, 3.05) is 26.7 Å². The van der Waals surface area contributed by atoms with Crippen molar-refractivity contribution >= 4 is 29.9 Å². The molecule has 1 aliphatic heterocycles. The molecule has 1 heterocycles. The minimum atomic E-state index is 0. The van der Waals surface area contributed by atoms with Gasteiger partial charge in [0.25, 0.3) is 0 Å². The van der Waals surface area contributed by atoms with E-state index < -0.39 is 0 Å². The predicted octanol–water partition coefficient (Wildman–Crippen LogP) is 2.69. The van der Waals surface area contributed by atoms with Crippen LogP contribution in [0.3, 0.4) is 0 Å². The van der Waals surface area contributed by atoms with Gasteiger partial charge in [-0.1, -0.05) is 6.92 Å². The van der Waals surface area contributed by atoms with Crippen LogP contribution in [-0.2, 0) is 0 Å². The normalized spacial score (nSPS) is 22.3. The molecule has 2 N–H and O–H groups in total. The van der Waals surface area contributed by atoms with E-state index in [1.165, 1.54) is 25.9 Å². The Morgan fingerprint density at radius 2 is 2.05 bits per heavy atom. The minimum Gasteiger partial charge on any atom is -0.356 e. The number of guanidine groups is 1. The lowest BCUT2D eigenvalue weighted by Crippen LogP contribution is -2.47. The van der Waals surface area contributed by atoms with Crippen LogP contribution in [0.5, 0.6) is 0 Å². The van der Waals surface area contributed by atoms with Gasteiger partial charge >= 0.3 is 0 Å². The zero-order valence-electron chi connectivity index (χ0n) is 13.8. The van der Waals surface area contributed by atoms with Crippen molar-refractivity contribution in [1.29, 1.82) is 0 Å². The third-order valence-electron chi connectivity index (χ3n) is 4.06. The maximum atomic E-state index is 4.30. The van der Waals surface area contributed by atoms with E-state index in [0.29, 0.717) is 12.1 Å². The van der Waals surface area contributed by atoms with E-state index in [4.69, 9.17) is 0 Å². The van der Waals surface area contributed by atoms with Gasteiger partial charge in [-0.05, 0) is 52.5 Å². The molecule has 120 valence electrons. The van der Waals surface area contributed by atoms with Crippen LogP contribution in [-0.4, -0.2) is 49.6 Å². The first-order valence-corrected chi connectivity index (χ1v) is 7.78. The molecule has 0 aromatic carbocycles. The number of nitrogens with zero attached hydrogens (tertiary/aromatic N) is 2. The zero-order chi connectivity index (χ0) is 14.3. The molecule has 1 fully saturated rings. The van der Waals surface area contributed by atoms with Crippen LogP contribution in [0.25, 0.3) is 0 Å². The SMILES string of the molecule is CCC(C)NC(=NC)NCC1CCCN(C(C)C)C1.I. The summed E-state index contributed by atoms with van der Waals surface area (Å²) in [6.45, 7) is 12.5. The van der Waals surface area contributed by atoms with Crippen LogP contribution in [0.2, 0.25) is 0 Å². The highest BCUT2D eigenvalue weighted by molar-refractivity contribution is 14.0. The van der Waals surface area contributed by atoms with Crippen molar-refractivity contribution in [2.24, 2.45) is 10.9 Å². The molecule has 5 heteroatoms. The van der Waals surface area contributed by atoms with Gasteiger partial charge in [-0.25, -0.2) is 0 Å². The largest absolute Gasteiger partial charge is 0.356 e. The molecular formula is C15H33IN4. The summed E-state index contributed by atoms with van der Waals surface area (Å²) in [7, 11) is 1.85. The van der Waals surface area contributed by atoms with Crippen LogP contribution in [0.4, 0.5) is 0 Å². The van der Waals surface area contributed by atoms with Gasteiger partial charge < -0.3 is 15.5 Å². The first-order chi connectivity index (χ1) is 9.06. The van der Waals surface area contributed by atoms with E-state index in [9.17, 15) is 0 Å². The number of hydrogen-bond donors (Lipinski definition) is 2. The Morgan fingerprint density at radius 3 is 2.60 bits per heavy atom. The van der Waals surface area contributed by atoms with Gasteiger partial charge in [-0.15, -0.1) is 24.0 Å².